The predicted octanol–water partition coefficient (Wildman–Crippen LogP) is 8.56. The molecule has 0 rings (SSSR count). The van der Waals surface area contributed by atoms with Crippen LogP contribution in [0.25, 0.3) is 0 Å². The summed E-state index contributed by atoms with van der Waals surface area (Å²) < 4.78 is 26.1. The number of rotatable bonds is 29. The van der Waals surface area contributed by atoms with E-state index in [1.165, 1.54) is 96.3 Å². The van der Waals surface area contributed by atoms with Gasteiger partial charge in [0, 0.05) is 12.8 Å². The van der Waals surface area contributed by atoms with Gasteiger partial charge in [-0.1, -0.05) is 136 Å². The lowest BCUT2D eigenvalue weighted by atomic mass is 10.0. The van der Waals surface area contributed by atoms with Crippen molar-refractivity contribution in [3.05, 3.63) is 0 Å². The first-order chi connectivity index (χ1) is 18.8. The summed E-state index contributed by atoms with van der Waals surface area (Å²) in [5.41, 5.74) is 0. The number of esters is 2. The van der Waals surface area contributed by atoms with Crippen LogP contribution in [0, 0.1) is 0 Å². The van der Waals surface area contributed by atoms with Crippen molar-refractivity contribution in [2.24, 2.45) is 0 Å². The number of carbonyl (C=O) groups excluding carboxylic acids is 2. The van der Waals surface area contributed by atoms with Crippen molar-refractivity contribution in [1.82, 2.24) is 0 Å². The Bertz CT molecular complexity index is 622. The Labute approximate surface area is 238 Å². The van der Waals surface area contributed by atoms with Crippen LogP contribution in [0.4, 0.5) is 0 Å². The first kappa shape index (κ1) is 38.0. The van der Waals surface area contributed by atoms with Crippen LogP contribution >= 0.6 is 7.82 Å². The number of hydrogen-bond donors (Lipinski definition) is 2. The van der Waals surface area contributed by atoms with Crippen LogP contribution in [0.2, 0.25) is 0 Å². The Balaban J connectivity index is 4.00. The summed E-state index contributed by atoms with van der Waals surface area (Å²) in [6.45, 7) is 3.62. The SMILES string of the molecule is CCCCCCCCCCCCCCCC(=O)OC(COC(=O)CCCCCCCCCC)COP(=O)(O)O. The third-order valence-corrected chi connectivity index (χ3v) is 7.36. The molecule has 0 aromatic rings. The standard InChI is InChI=1S/C30H59O8P/c1-3-5-7-9-11-13-14-15-16-17-19-21-23-25-30(32)38-28(27-37-39(33,34)35)26-36-29(31)24-22-20-18-12-10-8-6-4-2/h28H,3-27H2,1-2H3,(H2,33,34,35). The average molecular weight is 579 g/mol. The van der Waals surface area contributed by atoms with E-state index < -0.39 is 32.5 Å². The molecule has 2 N–H and O–H groups in total. The topological polar surface area (TPSA) is 119 Å². The van der Waals surface area contributed by atoms with E-state index in [1.54, 1.807) is 0 Å². The zero-order chi connectivity index (χ0) is 29.0. The highest BCUT2D eigenvalue weighted by atomic mass is 31.2. The van der Waals surface area contributed by atoms with E-state index in [0.29, 0.717) is 6.42 Å². The van der Waals surface area contributed by atoms with E-state index in [1.807, 2.05) is 0 Å². The monoisotopic (exact) mass is 578 g/mol. The largest absolute Gasteiger partial charge is 0.469 e. The van der Waals surface area contributed by atoms with Crippen molar-refractivity contribution in [1.29, 1.82) is 0 Å². The minimum absolute atomic E-state index is 0.219. The molecule has 9 heteroatoms. The van der Waals surface area contributed by atoms with Gasteiger partial charge in [-0.2, -0.15) is 0 Å². The highest BCUT2D eigenvalue weighted by Gasteiger charge is 2.22. The molecule has 0 saturated carbocycles. The summed E-state index contributed by atoms with van der Waals surface area (Å²) in [6, 6.07) is 0. The molecular formula is C30H59O8P. The van der Waals surface area contributed by atoms with Gasteiger partial charge in [0.25, 0.3) is 0 Å². The molecular weight excluding hydrogens is 519 g/mol. The molecule has 1 atom stereocenters. The molecule has 0 heterocycles. The normalized spacial score (nSPS) is 12.4. The van der Waals surface area contributed by atoms with Crippen LogP contribution in [0.1, 0.15) is 162 Å². The molecule has 232 valence electrons. The van der Waals surface area contributed by atoms with E-state index in [2.05, 4.69) is 18.4 Å². The smallest absolute Gasteiger partial charge is 0.462 e. The lowest BCUT2D eigenvalue weighted by molar-refractivity contribution is -0.161. The van der Waals surface area contributed by atoms with Crippen LogP contribution in [0.5, 0.6) is 0 Å². The van der Waals surface area contributed by atoms with Gasteiger partial charge in [-0.05, 0) is 12.8 Å². The van der Waals surface area contributed by atoms with Crippen LogP contribution in [0.3, 0.4) is 0 Å². The highest BCUT2D eigenvalue weighted by Crippen LogP contribution is 2.35. The van der Waals surface area contributed by atoms with Crippen LogP contribution in [-0.2, 0) is 28.2 Å². The van der Waals surface area contributed by atoms with Gasteiger partial charge < -0.3 is 19.3 Å². The Hall–Kier alpha value is -0.950. The fourth-order valence-electron chi connectivity index (χ4n) is 4.49. The molecule has 0 aromatic heterocycles. The maximum atomic E-state index is 12.2. The zero-order valence-electron chi connectivity index (χ0n) is 25.0. The van der Waals surface area contributed by atoms with Crippen molar-refractivity contribution >= 4 is 19.8 Å². The van der Waals surface area contributed by atoms with Gasteiger partial charge in [0.1, 0.15) is 6.61 Å². The number of phosphoric ester groups is 1. The van der Waals surface area contributed by atoms with Gasteiger partial charge in [0.05, 0.1) is 6.61 Å². The van der Waals surface area contributed by atoms with Crippen molar-refractivity contribution in [2.45, 2.75) is 168 Å². The van der Waals surface area contributed by atoms with Gasteiger partial charge in [-0.15, -0.1) is 0 Å². The fraction of sp³-hybridized carbons (Fsp3) is 0.933. The van der Waals surface area contributed by atoms with Gasteiger partial charge in [0.15, 0.2) is 6.10 Å². The molecule has 0 aliphatic carbocycles. The first-order valence-corrected chi connectivity index (χ1v) is 17.4. The summed E-state index contributed by atoms with van der Waals surface area (Å²) >= 11 is 0. The van der Waals surface area contributed by atoms with Crippen LogP contribution in [0.15, 0.2) is 0 Å². The molecule has 0 aromatic carbocycles. The zero-order valence-corrected chi connectivity index (χ0v) is 25.9. The van der Waals surface area contributed by atoms with E-state index in [9.17, 15) is 14.2 Å². The van der Waals surface area contributed by atoms with Crippen molar-refractivity contribution in [3.63, 3.8) is 0 Å². The van der Waals surface area contributed by atoms with Gasteiger partial charge in [-0.25, -0.2) is 4.57 Å². The number of phosphoric acid groups is 1. The molecule has 0 saturated heterocycles. The van der Waals surface area contributed by atoms with Crippen molar-refractivity contribution < 1.29 is 37.9 Å². The summed E-state index contributed by atoms with van der Waals surface area (Å²) in [5.74, 6) is -0.883. The Morgan fingerprint density at radius 3 is 1.31 bits per heavy atom. The van der Waals surface area contributed by atoms with E-state index in [-0.39, 0.29) is 19.4 Å². The predicted molar refractivity (Wildman–Crippen MR) is 156 cm³/mol. The molecule has 0 bridgehead atoms. The fourth-order valence-corrected chi connectivity index (χ4v) is 4.85. The second-order valence-electron chi connectivity index (χ2n) is 10.8. The quantitative estimate of drug-likeness (QED) is 0.0514. The molecule has 0 fully saturated rings. The molecule has 0 radical (unpaired) electrons. The molecule has 0 amide bonds. The molecule has 1 unspecified atom stereocenters. The second kappa shape index (κ2) is 27.2. The van der Waals surface area contributed by atoms with E-state index >= 15 is 0 Å². The Morgan fingerprint density at radius 2 is 0.923 bits per heavy atom. The van der Waals surface area contributed by atoms with Crippen molar-refractivity contribution in [3.8, 4) is 0 Å². The Morgan fingerprint density at radius 1 is 0.564 bits per heavy atom. The van der Waals surface area contributed by atoms with Crippen LogP contribution < -0.4 is 0 Å². The third kappa shape index (κ3) is 29.8. The lowest BCUT2D eigenvalue weighted by Crippen LogP contribution is -2.29. The number of carbonyl (C=O) groups is 2. The summed E-state index contributed by atoms with van der Waals surface area (Å²) in [6.07, 6.45) is 24.1. The first-order valence-electron chi connectivity index (χ1n) is 15.8. The molecule has 39 heavy (non-hydrogen) atoms. The maximum Gasteiger partial charge on any atom is 0.469 e. The van der Waals surface area contributed by atoms with E-state index in [0.717, 1.165) is 32.1 Å². The van der Waals surface area contributed by atoms with E-state index in [4.69, 9.17) is 19.3 Å². The van der Waals surface area contributed by atoms with Crippen molar-refractivity contribution in [2.75, 3.05) is 13.2 Å². The minimum Gasteiger partial charge on any atom is -0.462 e. The number of hydrogen-bond acceptors (Lipinski definition) is 6. The van der Waals surface area contributed by atoms with Gasteiger partial charge in [-0.3, -0.25) is 14.1 Å². The minimum atomic E-state index is -4.73. The van der Waals surface area contributed by atoms with Crippen LogP contribution in [-0.4, -0.2) is 41.0 Å². The lowest BCUT2D eigenvalue weighted by Gasteiger charge is -2.18. The Kier molecular flexibility index (Phi) is 26.6. The number of unbranched alkanes of at least 4 members (excludes halogenated alkanes) is 19. The summed E-state index contributed by atoms with van der Waals surface area (Å²) in [7, 11) is -4.73. The molecule has 0 aliphatic rings. The highest BCUT2D eigenvalue weighted by molar-refractivity contribution is 7.46. The maximum absolute atomic E-state index is 12.2. The summed E-state index contributed by atoms with van der Waals surface area (Å²) in [5, 5.41) is 0. The number of ether oxygens (including phenoxy) is 2. The third-order valence-electron chi connectivity index (χ3n) is 6.88. The average Bonchev–Trinajstić information content (AvgIpc) is 2.89. The molecule has 0 aliphatic heterocycles. The second-order valence-corrected chi connectivity index (χ2v) is 12.0. The molecule has 8 nitrogen and oxygen atoms in total. The van der Waals surface area contributed by atoms with Gasteiger partial charge >= 0.3 is 19.8 Å². The summed E-state index contributed by atoms with van der Waals surface area (Å²) in [4.78, 5) is 42.3. The van der Waals surface area contributed by atoms with Gasteiger partial charge in [0.2, 0.25) is 0 Å². The molecule has 0 spiro atoms.